The number of likely N-dealkylation sites (N-methyl/N-ethyl adjacent to an activating group) is 1. The SMILES string of the molecule is C=c1c(C)c(O)c(=C)c(C(C)(C)CC(=O)N(C)CCN(CCOCCOCCC(=O)NCCCCC(NC(=O)CC[C@@H](C)[C@H]2CC[C@H]3[C@@H]4CC[C@@H]5C[C@H](O)CC[C@]5(C)[C@H]4C[C@H](O)[C@]23C)C(=O)O)C(=O)Oc2ccc3nc(C#N)sc3c2)c1O. The number of thiazole rings is 1. The van der Waals surface area contributed by atoms with Crippen LogP contribution in [0.1, 0.15) is 147 Å². The Balaban J connectivity index is 0.781. The first-order chi connectivity index (χ1) is 39.3. The summed E-state index contributed by atoms with van der Waals surface area (Å²) in [6.07, 6.45) is 8.74. The quantitative estimate of drug-likeness (QED) is 0.0298. The topological polar surface area (TPSA) is 281 Å². The van der Waals surface area contributed by atoms with Crippen LogP contribution in [0.5, 0.6) is 17.2 Å². The van der Waals surface area contributed by atoms with Crippen molar-refractivity contribution in [2.24, 2.45) is 46.3 Å². The number of unbranched alkanes of at least 4 members (excludes halogenated alkanes) is 1. The van der Waals surface area contributed by atoms with E-state index in [1.54, 1.807) is 46.0 Å². The molecule has 7 rings (SSSR count). The van der Waals surface area contributed by atoms with Gasteiger partial charge in [-0.1, -0.05) is 47.8 Å². The summed E-state index contributed by atoms with van der Waals surface area (Å²) >= 11 is 1.17. The zero-order chi connectivity index (χ0) is 60.6. The van der Waals surface area contributed by atoms with Crippen LogP contribution in [0.2, 0.25) is 0 Å². The van der Waals surface area contributed by atoms with E-state index < -0.39 is 29.6 Å². The number of phenols is 2. The van der Waals surface area contributed by atoms with Gasteiger partial charge in [0.1, 0.15) is 29.4 Å². The van der Waals surface area contributed by atoms with Crippen molar-refractivity contribution in [3.8, 4) is 23.3 Å². The molecule has 20 heteroatoms. The zero-order valence-corrected chi connectivity index (χ0v) is 50.6. The van der Waals surface area contributed by atoms with E-state index in [0.29, 0.717) is 70.8 Å². The Kier molecular flexibility index (Phi) is 21.8. The van der Waals surface area contributed by atoms with Crippen LogP contribution in [-0.4, -0.2) is 148 Å². The fourth-order valence-corrected chi connectivity index (χ4v) is 15.6. The number of benzene rings is 2. The molecule has 0 radical (unpaired) electrons. The van der Waals surface area contributed by atoms with Crippen LogP contribution in [0, 0.1) is 64.6 Å². The second-order valence-electron chi connectivity index (χ2n) is 25.3. The van der Waals surface area contributed by atoms with Gasteiger partial charge in [-0.25, -0.2) is 14.6 Å². The maximum Gasteiger partial charge on any atom is 0.415 e. The Morgan fingerprint density at radius 2 is 1.64 bits per heavy atom. The molecule has 11 atom stereocenters. The third kappa shape index (κ3) is 15.0. The number of amides is 4. The van der Waals surface area contributed by atoms with Crippen LogP contribution in [0.4, 0.5) is 4.79 Å². The number of rotatable bonds is 27. The van der Waals surface area contributed by atoms with Gasteiger partial charge in [-0.05, 0) is 142 Å². The number of nitriles is 1. The lowest BCUT2D eigenvalue weighted by atomic mass is 9.43. The molecule has 1 heterocycles. The molecule has 2 aromatic carbocycles. The average molecular weight is 1170 g/mol. The van der Waals surface area contributed by atoms with E-state index in [0.717, 1.165) is 51.4 Å². The molecular weight excluding hydrogens is 1080 g/mol. The molecule has 4 amide bonds. The Morgan fingerprint density at radius 3 is 2.36 bits per heavy atom. The van der Waals surface area contributed by atoms with Crippen LogP contribution in [0.25, 0.3) is 23.4 Å². The number of hydrogen-bond donors (Lipinski definition) is 7. The standard InChI is InChI=1S/C63H90N6O13S/c1-37(45-17-18-46-44-16-14-41-32-42(70)21-23-62(41,7)47(44)34-51(71)63(45,46)8)13-20-53(73)66-49(59(77)78)12-10-11-24-65-52(72)22-28-80-30-31-81-29-27-69(60(79)82-43-15-19-48-50(33-43)83-54(36-64)67-48)26-25-68(9)55(74)35-61(5,6)56-40(4)57(75)38(2)39(3)58(56)76/h15,19,33,37,41-42,44-47,49,51,70-71,75-76H,3-4,10-14,16-18,20-32,34-35H2,1-2,5-9H3,(H,65,72)(H,66,73)(H,77,78)/t37-,41-,42-,44+,45-,46+,47+,49?,51+,62+,63-/m1/s1. The van der Waals surface area contributed by atoms with E-state index in [4.69, 9.17) is 14.2 Å². The smallest absolute Gasteiger partial charge is 0.415 e. The fraction of sp³-hybridized carbons (Fsp3) is 0.667. The van der Waals surface area contributed by atoms with E-state index in [1.807, 2.05) is 6.07 Å². The number of ether oxygens (including phenoxy) is 3. The molecular formula is C63H90N6O13S. The number of nitrogens with zero attached hydrogens (tertiary/aromatic N) is 4. The molecule has 1 aromatic heterocycles. The lowest BCUT2D eigenvalue weighted by molar-refractivity contribution is -0.175. The number of aliphatic carboxylic acids is 1. The molecule has 1 unspecified atom stereocenters. The third-order valence-electron chi connectivity index (χ3n) is 19.8. The highest BCUT2D eigenvalue weighted by Crippen LogP contribution is 2.68. The molecule has 4 aliphatic carbocycles. The summed E-state index contributed by atoms with van der Waals surface area (Å²) in [4.78, 5) is 72.3. The number of carbonyl (C=O) groups is 5. The lowest BCUT2D eigenvalue weighted by Crippen LogP contribution is -2.58. The second kappa shape index (κ2) is 27.9. The summed E-state index contributed by atoms with van der Waals surface area (Å²) < 4.78 is 17.8. The number of aromatic hydroxyl groups is 2. The third-order valence-corrected chi connectivity index (χ3v) is 20.7. The number of aromatic nitrogens is 1. The van der Waals surface area contributed by atoms with Gasteiger partial charge < -0.3 is 60.2 Å². The van der Waals surface area contributed by atoms with Gasteiger partial charge in [-0.3, -0.25) is 14.4 Å². The van der Waals surface area contributed by atoms with Gasteiger partial charge in [0, 0.05) is 85.5 Å². The molecule has 19 nitrogen and oxygen atoms in total. The first-order valence-electron chi connectivity index (χ1n) is 29.8. The average Bonchev–Trinajstić information content (AvgIpc) is 4.28. The molecule has 0 bridgehead atoms. The van der Waals surface area contributed by atoms with Crippen LogP contribution < -0.4 is 25.8 Å². The van der Waals surface area contributed by atoms with E-state index in [9.17, 15) is 54.8 Å². The summed E-state index contributed by atoms with van der Waals surface area (Å²) in [7, 11) is 1.60. The largest absolute Gasteiger partial charge is 0.507 e. The van der Waals surface area contributed by atoms with Crippen molar-refractivity contribution in [3.05, 3.63) is 44.8 Å². The van der Waals surface area contributed by atoms with Crippen molar-refractivity contribution < 1.29 is 63.7 Å². The van der Waals surface area contributed by atoms with Crippen LogP contribution in [0.3, 0.4) is 0 Å². The summed E-state index contributed by atoms with van der Waals surface area (Å²) in [5, 5.41) is 69.6. The first kappa shape index (κ1) is 64.7. The van der Waals surface area contributed by atoms with Crippen LogP contribution >= 0.6 is 11.3 Å². The van der Waals surface area contributed by atoms with E-state index >= 15 is 0 Å². The van der Waals surface area contributed by atoms with E-state index in [-0.39, 0.29) is 151 Å². The van der Waals surface area contributed by atoms with Gasteiger partial charge in [0.25, 0.3) is 0 Å². The molecule has 0 spiro atoms. The molecule has 4 fully saturated rings. The highest BCUT2D eigenvalue weighted by molar-refractivity contribution is 7.19. The Morgan fingerprint density at radius 1 is 0.904 bits per heavy atom. The first-order valence-corrected chi connectivity index (χ1v) is 30.7. The molecule has 0 aliphatic heterocycles. The summed E-state index contributed by atoms with van der Waals surface area (Å²) in [6.45, 7) is 21.0. The Labute approximate surface area is 492 Å². The highest BCUT2D eigenvalue weighted by Gasteiger charge is 2.63. The Hall–Kier alpha value is -5.85. The summed E-state index contributed by atoms with van der Waals surface area (Å²) in [5.41, 5.74) is 0.310. The maximum atomic E-state index is 13.6. The summed E-state index contributed by atoms with van der Waals surface area (Å²) in [5.74, 6) is 0.573. The predicted octanol–water partition coefficient (Wildman–Crippen LogP) is 7.02. The van der Waals surface area contributed by atoms with Crippen molar-refractivity contribution in [3.63, 3.8) is 0 Å². The number of fused-ring (bicyclic) bond motifs is 6. The minimum absolute atomic E-state index is 0.0565. The van der Waals surface area contributed by atoms with E-state index in [2.05, 4.69) is 49.5 Å². The van der Waals surface area contributed by atoms with Crippen molar-refractivity contribution in [2.75, 3.05) is 59.7 Å². The number of carbonyl (C=O) groups excluding carboxylic acids is 4. The lowest BCUT2D eigenvalue weighted by Gasteiger charge is -2.62. The fourth-order valence-electron chi connectivity index (χ4n) is 14.9. The van der Waals surface area contributed by atoms with Crippen LogP contribution in [-0.2, 0) is 34.1 Å². The maximum absolute atomic E-state index is 13.6. The Bertz CT molecular complexity index is 2960. The predicted molar refractivity (Wildman–Crippen MR) is 316 cm³/mol. The van der Waals surface area contributed by atoms with E-state index in [1.165, 1.54) is 21.1 Å². The number of phenolic OH excluding ortho intramolecular Hbond substituents is 2. The van der Waals surface area contributed by atoms with Crippen molar-refractivity contribution in [1.82, 2.24) is 25.4 Å². The normalized spacial score (nSPS) is 25.5. The molecule has 0 saturated heterocycles. The van der Waals surface area contributed by atoms with Crippen LogP contribution in [0.15, 0.2) is 18.2 Å². The van der Waals surface area contributed by atoms with Gasteiger partial charge >= 0.3 is 12.1 Å². The zero-order valence-electron chi connectivity index (χ0n) is 49.8. The minimum Gasteiger partial charge on any atom is -0.507 e. The van der Waals surface area contributed by atoms with Crippen molar-refractivity contribution >= 4 is 64.5 Å². The summed E-state index contributed by atoms with van der Waals surface area (Å²) in [6, 6.07) is 5.84. The molecule has 3 aromatic rings. The number of carboxylic acid groups (broad SMARTS) is 1. The van der Waals surface area contributed by atoms with Gasteiger partial charge in [-0.15, -0.1) is 11.3 Å². The molecule has 4 saturated carbocycles. The monoisotopic (exact) mass is 1170 g/mol. The number of aliphatic hydroxyl groups excluding tert-OH is 2. The van der Waals surface area contributed by atoms with Gasteiger partial charge in [0.15, 0.2) is 5.01 Å². The number of aliphatic hydroxyl groups is 2. The highest BCUT2D eigenvalue weighted by atomic mass is 32.1. The number of carboxylic acids is 1. The van der Waals surface area contributed by atoms with Crippen molar-refractivity contribution in [1.29, 1.82) is 5.26 Å². The van der Waals surface area contributed by atoms with Gasteiger partial charge in [0.2, 0.25) is 17.7 Å². The molecule has 456 valence electrons. The molecule has 7 N–H and O–H groups in total. The van der Waals surface area contributed by atoms with Crippen molar-refractivity contribution in [2.45, 2.75) is 162 Å². The minimum atomic E-state index is -1.10. The molecule has 83 heavy (non-hydrogen) atoms. The molecule has 4 aliphatic rings. The van der Waals surface area contributed by atoms with Gasteiger partial charge in [-0.2, -0.15) is 5.26 Å². The number of hydrogen-bond acceptors (Lipinski definition) is 15. The second-order valence-corrected chi connectivity index (χ2v) is 26.4. The van der Waals surface area contributed by atoms with Gasteiger partial charge in [0.05, 0.1) is 48.9 Å². The number of nitrogens with one attached hydrogen (secondary N) is 2.